The normalized spacial score (nSPS) is 15.0. The van der Waals surface area contributed by atoms with Crippen LogP contribution in [-0.2, 0) is 51.4 Å². The van der Waals surface area contributed by atoms with Crippen LogP contribution in [-0.4, -0.2) is 11.4 Å². The van der Waals surface area contributed by atoms with Crippen molar-refractivity contribution in [1.29, 1.82) is 0 Å². The van der Waals surface area contributed by atoms with Gasteiger partial charge in [0.05, 0.1) is 22.8 Å². The second-order valence-electron chi connectivity index (χ2n) is 22.3. The average Bonchev–Trinajstić information content (AvgIpc) is 3.76. The quantitative estimate of drug-likeness (QED) is 0.0818. The highest BCUT2D eigenvalue weighted by molar-refractivity contribution is 6.61. The van der Waals surface area contributed by atoms with Crippen molar-refractivity contribution in [2.24, 2.45) is 9.98 Å². The molecular weight excluding hydrogens is 917 g/mol. The molecule has 0 saturated heterocycles. The molecule has 2 heteroatoms. The van der Waals surface area contributed by atoms with Gasteiger partial charge in [0, 0.05) is 40.2 Å². The highest BCUT2D eigenvalue weighted by Crippen LogP contribution is 2.46. The van der Waals surface area contributed by atoms with Crippen molar-refractivity contribution in [2.75, 3.05) is 0 Å². The van der Waals surface area contributed by atoms with E-state index in [0.29, 0.717) is 0 Å². The van der Waals surface area contributed by atoms with Crippen molar-refractivity contribution in [3.63, 3.8) is 0 Å². The van der Waals surface area contributed by atoms with E-state index in [0.717, 1.165) is 85.3 Å². The van der Waals surface area contributed by atoms with Gasteiger partial charge >= 0.3 is 0 Å². The summed E-state index contributed by atoms with van der Waals surface area (Å²) < 4.78 is 0. The molecule has 0 aromatic heterocycles. The molecule has 76 heavy (non-hydrogen) atoms. The first-order valence-electron chi connectivity index (χ1n) is 29.2. The fourth-order valence-corrected chi connectivity index (χ4v) is 12.2. The van der Waals surface area contributed by atoms with E-state index in [1.54, 1.807) is 0 Å². The molecule has 390 valence electrons. The molecule has 9 rings (SSSR count). The molecule has 4 atom stereocenters. The fourth-order valence-electron chi connectivity index (χ4n) is 12.2. The topological polar surface area (TPSA) is 24.7 Å². The lowest BCUT2D eigenvalue weighted by Crippen LogP contribution is -2.13. The molecule has 0 spiro atoms. The molecule has 8 aromatic rings. The van der Waals surface area contributed by atoms with Crippen molar-refractivity contribution >= 4 is 33.6 Å². The molecule has 8 aromatic carbocycles. The van der Waals surface area contributed by atoms with Crippen LogP contribution < -0.4 is 0 Å². The Kier molecular flexibility index (Phi) is 16.6. The Morgan fingerprint density at radius 1 is 0.316 bits per heavy atom. The van der Waals surface area contributed by atoms with Crippen LogP contribution in [0.1, 0.15) is 218 Å². The Morgan fingerprint density at radius 3 is 0.776 bits per heavy atom. The Morgan fingerprint density at radius 2 is 0.553 bits per heavy atom. The van der Waals surface area contributed by atoms with Crippen LogP contribution in [0.2, 0.25) is 0 Å². The minimum atomic E-state index is 0.0888. The molecule has 0 N–H and O–H groups in total. The monoisotopic (exact) mass is 1000 g/mol. The van der Waals surface area contributed by atoms with Crippen LogP contribution in [0.15, 0.2) is 143 Å². The van der Waals surface area contributed by atoms with Crippen LogP contribution in [0.25, 0.3) is 10.8 Å². The molecule has 0 amide bonds. The maximum Gasteiger partial charge on any atom is 0.0979 e. The van der Waals surface area contributed by atoms with Gasteiger partial charge in [0.1, 0.15) is 0 Å². The molecule has 1 aliphatic rings. The third-order valence-corrected chi connectivity index (χ3v) is 17.1. The number of rotatable bonds is 18. The molecular formula is C74H84N2. The summed E-state index contributed by atoms with van der Waals surface area (Å²) in [6, 6.07) is 52.5. The van der Waals surface area contributed by atoms with E-state index in [-0.39, 0.29) is 23.7 Å². The van der Waals surface area contributed by atoms with Crippen molar-refractivity contribution < 1.29 is 0 Å². The average molecular weight is 1000 g/mol. The van der Waals surface area contributed by atoms with Gasteiger partial charge < -0.3 is 0 Å². The summed E-state index contributed by atoms with van der Waals surface area (Å²) >= 11 is 0. The van der Waals surface area contributed by atoms with E-state index in [1.165, 1.54) is 111 Å². The highest BCUT2D eigenvalue weighted by Gasteiger charge is 2.32. The Balaban J connectivity index is 1.38. The summed E-state index contributed by atoms with van der Waals surface area (Å²) in [6.45, 7) is 32.5. The molecule has 1 aliphatic carbocycles. The number of nitrogens with zero attached hydrogens (tertiary/aromatic N) is 2. The van der Waals surface area contributed by atoms with Gasteiger partial charge in [-0.05, 0) is 160 Å². The third kappa shape index (κ3) is 10.8. The maximum absolute atomic E-state index is 6.24. The SMILES string of the molecule is CCc1cc(CC)cc([C@@H](C)c2cc(C)cc([C@H](C)c3cc(CC)cc(CC)c3)c2/N=C2/C(=N/c3c([C@H](C)c4cc(CC)cc(CC)c4)cc(C)cc3[C@H](C)c3cc(CC)cc(CC)c3)c3cccc4cccc2c34)c1. The molecule has 0 bridgehead atoms. The minimum Gasteiger partial charge on any atom is -0.245 e. The standard InChI is InChI=1S/C74H84N2/c1-15-51-33-52(16-2)38-60(37-51)47(11)66-29-45(9)30-67(48(12)61-39-53(17-3)34-54(18-4)40-61)71(66)75-73-64-27-23-25-59-26-24-28-65(70(59)64)74(73)76-72-68(49(13)62-41-55(19-5)35-56(20-6)42-62)31-46(10)32-69(72)50(14)63-43-57(21-7)36-58(22-8)44-63/h23-44,47-50H,15-22H2,1-14H3/b75-73+,76-74+/t47-,48-,49-,50-/m1/s1. The molecule has 0 radical (unpaired) electrons. The van der Waals surface area contributed by atoms with Gasteiger partial charge in [0.15, 0.2) is 0 Å². The number of aliphatic imine (C=N–C) groups is 2. The molecule has 0 aliphatic heterocycles. The first-order chi connectivity index (χ1) is 36.7. The summed E-state index contributed by atoms with van der Waals surface area (Å²) in [5.74, 6) is 0.355. The molecule has 0 saturated carbocycles. The Labute approximate surface area is 457 Å². The van der Waals surface area contributed by atoms with Crippen molar-refractivity contribution in [3.05, 3.63) is 245 Å². The van der Waals surface area contributed by atoms with E-state index >= 15 is 0 Å². The summed E-state index contributed by atoms with van der Waals surface area (Å²) in [5, 5.41) is 2.44. The van der Waals surface area contributed by atoms with Gasteiger partial charge in [0.2, 0.25) is 0 Å². The van der Waals surface area contributed by atoms with E-state index < -0.39 is 0 Å². The zero-order valence-electron chi connectivity index (χ0n) is 48.6. The van der Waals surface area contributed by atoms with Gasteiger partial charge in [-0.2, -0.15) is 0 Å². The maximum atomic E-state index is 6.24. The van der Waals surface area contributed by atoms with Crippen LogP contribution >= 0.6 is 0 Å². The lowest BCUT2D eigenvalue weighted by atomic mass is 9.82. The second-order valence-corrected chi connectivity index (χ2v) is 22.3. The first kappa shape index (κ1) is 54.2. The van der Waals surface area contributed by atoms with Crippen molar-refractivity contribution in [3.8, 4) is 0 Å². The predicted octanol–water partition coefficient (Wildman–Crippen LogP) is 19.8. The highest BCUT2D eigenvalue weighted by atomic mass is 14.9. The Hall–Kier alpha value is -6.64. The van der Waals surface area contributed by atoms with Gasteiger partial charge in [-0.25, -0.2) is 9.98 Å². The first-order valence-corrected chi connectivity index (χ1v) is 29.2. The van der Waals surface area contributed by atoms with Crippen LogP contribution in [0.5, 0.6) is 0 Å². The van der Waals surface area contributed by atoms with E-state index in [4.69, 9.17) is 9.98 Å². The molecule has 0 fully saturated rings. The van der Waals surface area contributed by atoms with E-state index in [9.17, 15) is 0 Å². The van der Waals surface area contributed by atoms with Crippen LogP contribution in [0.3, 0.4) is 0 Å². The third-order valence-electron chi connectivity index (χ3n) is 17.1. The van der Waals surface area contributed by atoms with Crippen molar-refractivity contribution in [2.45, 2.75) is 172 Å². The lowest BCUT2D eigenvalue weighted by Gasteiger charge is -2.25. The minimum absolute atomic E-state index is 0.0888. The van der Waals surface area contributed by atoms with Gasteiger partial charge in [0.25, 0.3) is 0 Å². The number of hydrogen-bond donors (Lipinski definition) is 0. The second kappa shape index (κ2) is 23.3. The van der Waals surface area contributed by atoms with Gasteiger partial charge in [-0.1, -0.05) is 228 Å². The smallest absolute Gasteiger partial charge is 0.0979 e. The van der Waals surface area contributed by atoms with Crippen LogP contribution in [0, 0.1) is 13.8 Å². The number of hydrogen-bond acceptors (Lipinski definition) is 2. The largest absolute Gasteiger partial charge is 0.245 e. The zero-order valence-corrected chi connectivity index (χ0v) is 48.6. The summed E-state index contributed by atoms with van der Waals surface area (Å²) in [7, 11) is 0. The molecule has 2 nitrogen and oxygen atoms in total. The summed E-state index contributed by atoms with van der Waals surface area (Å²) in [5.41, 5.74) is 30.4. The van der Waals surface area contributed by atoms with Gasteiger partial charge in [-0.15, -0.1) is 0 Å². The fraction of sp³-hybridized carbons (Fsp3) is 0.351. The van der Waals surface area contributed by atoms with Crippen molar-refractivity contribution in [1.82, 2.24) is 0 Å². The lowest BCUT2D eigenvalue weighted by molar-refractivity contribution is 0.873. The zero-order chi connectivity index (χ0) is 53.9. The van der Waals surface area contributed by atoms with Crippen LogP contribution in [0.4, 0.5) is 11.4 Å². The molecule has 0 heterocycles. The van der Waals surface area contributed by atoms with Gasteiger partial charge in [-0.3, -0.25) is 0 Å². The van der Waals surface area contributed by atoms with E-state index in [1.807, 2.05) is 0 Å². The molecule has 0 unspecified atom stereocenters. The predicted molar refractivity (Wildman–Crippen MR) is 330 cm³/mol. The summed E-state index contributed by atoms with van der Waals surface area (Å²) in [6.07, 6.45) is 8.02. The number of benzene rings is 8. The number of aryl methyl sites for hydroxylation is 10. The Bertz CT molecular complexity index is 3020. The summed E-state index contributed by atoms with van der Waals surface area (Å²) in [4.78, 5) is 12.5. The van der Waals surface area contributed by atoms with E-state index in [2.05, 4.69) is 230 Å².